The summed E-state index contributed by atoms with van der Waals surface area (Å²) in [6.07, 6.45) is 4.26. The Kier molecular flexibility index (Phi) is 4.50. The standard InChI is InChI=1S/C13H13Cl2NO2/c14-13(15)7-8-18-12-6-2-3-9-10(12)4-1-5-11(9)16-17/h2-3,6-7,17H,1,4-5,8H2. The molecule has 96 valence electrons. The molecule has 1 aromatic carbocycles. The van der Waals surface area contributed by atoms with Gasteiger partial charge in [0, 0.05) is 11.1 Å². The van der Waals surface area contributed by atoms with E-state index in [0.717, 1.165) is 36.1 Å². The topological polar surface area (TPSA) is 41.8 Å². The van der Waals surface area contributed by atoms with Gasteiger partial charge in [-0.2, -0.15) is 0 Å². The summed E-state index contributed by atoms with van der Waals surface area (Å²) < 4.78 is 5.82. The van der Waals surface area contributed by atoms with Crippen LogP contribution in [0.4, 0.5) is 0 Å². The van der Waals surface area contributed by atoms with E-state index in [1.54, 1.807) is 6.08 Å². The second-order valence-electron chi connectivity index (χ2n) is 3.99. The zero-order chi connectivity index (χ0) is 13.0. The lowest BCUT2D eigenvalue weighted by Gasteiger charge is -2.19. The molecule has 0 amide bonds. The lowest BCUT2D eigenvalue weighted by atomic mass is 9.89. The summed E-state index contributed by atoms with van der Waals surface area (Å²) in [5.74, 6) is 0.791. The molecule has 1 N–H and O–H groups in total. The van der Waals surface area contributed by atoms with E-state index in [2.05, 4.69) is 5.16 Å². The van der Waals surface area contributed by atoms with Crippen molar-refractivity contribution in [1.29, 1.82) is 0 Å². The Morgan fingerprint density at radius 2 is 2.22 bits per heavy atom. The van der Waals surface area contributed by atoms with Crippen LogP contribution in [0.3, 0.4) is 0 Å². The SMILES string of the molecule is ON=C1CCCc2c(OCC=C(Cl)Cl)cccc21. The Morgan fingerprint density at radius 3 is 2.94 bits per heavy atom. The van der Waals surface area contributed by atoms with E-state index in [4.69, 9.17) is 33.1 Å². The fraction of sp³-hybridized carbons (Fsp3) is 0.308. The number of nitrogens with zero attached hydrogens (tertiary/aromatic N) is 1. The quantitative estimate of drug-likeness (QED) is 0.676. The van der Waals surface area contributed by atoms with Crippen molar-refractivity contribution in [2.45, 2.75) is 19.3 Å². The predicted octanol–water partition coefficient (Wildman–Crippen LogP) is 3.90. The highest BCUT2D eigenvalue weighted by Crippen LogP contribution is 2.30. The first-order chi connectivity index (χ1) is 8.72. The molecule has 18 heavy (non-hydrogen) atoms. The highest BCUT2D eigenvalue weighted by molar-refractivity contribution is 6.55. The third-order valence-electron chi connectivity index (χ3n) is 2.88. The van der Waals surface area contributed by atoms with Crippen molar-refractivity contribution in [3.63, 3.8) is 0 Å². The average Bonchev–Trinajstić information content (AvgIpc) is 2.38. The lowest BCUT2D eigenvalue weighted by molar-refractivity contribution is 0.317. The fourth-order valence-electron chi connectivity index (χ4n) is 2.09. The van der Waals surface area contributed by atoms with Crippen molar-refractivity contribution in [3.05, 3.63) is 39.9 Å². The molecule has 0 bridgehead atoms. The molecular formula is C13H13Cl2NO2. The number of oxime groups is 1. The van der Waals surface area contributed by atoms with E-state index >= 15 is 0 Å². The molecule has 1 aliphatic carbocycles. The molecule has 0 aromatic heterocycles. The van der Waals surface area contributed by atoms with Gasteiger partial charge >= 0.3 is 0 Å². The fourth-order valence-corrected chi connectivity index (χ4v) is 2.22. The van der Waals surface area contributed by atoms with Crippen molar-refractivity contribution >= 4 is 28.9 Å². The maximum atomic E-state index is 8.98. The van der Waals surface area contributed by atoms with Gasteiger partial charge in [0.2, 0.25) is 0 Å². The van der Waals surface area contributed by atoms with Crippen LogP contribution < -0.4 is 4.74 Å². The van der Waals surface area contributed by atoms with Crippen LogP contribution in [0.1, 0.15) is 24.0 Å². The summed E-state index contributed by atoms with van der Waals surface area (Å²) in [4.78, 5) is 0. The Labute approximate surface area is 116 Å². The monoisotopic (exact) mass is 285 g/mol. The maximum absolute atomic E-state index is 8.98. The summed E-state index contributed by atoms with van der Waals surface area (Å²) >= 11 is 11.1. The van der Waals surface area contributed by atoms with E-state index in [0.29, 0.717) is 12.3 Å². The van der Waals surface area contributed by atoms with Crippen molar-refractivity contribution < 1.29 is 9.94 Å². The molecule has 5 heteroatoms. The molecule has 0 radical (unpaired) electrons. The highest BCUT2D eigenvalue weighted by Gasteiger charge is 2.19. The zero-order valence-electron chi connectivity index (χ0n) is 9.70. The van der Waals surface area contributed by atoms with Gasteiger partial charge in [-0.3, -0.25) is 0 Å². The lowest BCUT2D eigenvalue weighted by Crippen LogP contribution is -2.13. The Hall–Kier alpha value is -1.19. The first kappa shape index (κ1) is 13.2. The molecule has 0 aliphatic heterocycles. The largest absolute Gasteiger partial charge is 0.489 e. The van der Waals surface area contributed by atoms with Gasteiger partial charge in [0.05, 0.1) is 5.71 Å². The molecule has 1 aliphatic rings. The molecule has 0 fully saturated rings. The minimum absolute atomic E-state index is 0.192. The Morgan fingerprint density at radius 1 is 1.39 bits per heavy atom. The third-order valence-corrected chi connectivity index (χ3v) is 3.19. The van der Waals surface area contributed by atoms with E-state index in [9.17, 15) is 0 Å². The van der Waals surface area contributed by atoms with E-state index in [-0.39, 0.29) is 4.49 Å². The molecule has 0 spiro atoms. The van der Waals surface area contributed by atoms with E-state index in [1.807, 2.05) is 18.2 Å². The van der Waals surface area contributed by atoms with Crippen LogP contribution in [-0.4, -0.2) is 17.5 Å². The summed E-state index contributed by atoms with van der Waals surface area (Å²) in [6, 6.07) is 5.73. The molecule has 0 atom stereocenters. The van der Waals surface area contributed by atoms with Crippen molar-refractivity contribution in [1.82, 2.24) is 0 Å². The number of fused-ring (bicyclic) bond motifs is 1. The van der Waals surface area contributed by atoms with Crippen LogP contribution in [-0.2, 0) is 6.42 Å². The minimum atomic E-state index is 0.192. The summed E-state index contributed by atoms with van der Waals surface area (Å²) in [5.41, 5.74) is 2.76. The molecule has 1 aromatic rings. The van der Waals surface area contributed by atoms with Gasteiger partial charge in [0.1, 0.15) is 16.8 Å². The maximum Gasteiger partial charge on any atom is 0.123 e. The van der Waals surface area contributed by atoms with Crippen molar-refractivity contribution in [3.8, 4) is 5.75 Å². The van der Waals surface area contributed by atoms with Crippen LogP contribution in [0, 0.1) is 0 Å². The van der Waals surface area contributed by atoms with E-state index < -0.39 is 0 Å². The molecule has 0 saturated carbocycles. The first-order valence-corrected chi connectivity index (χ1v) is 6.45. The number of hydrogen-bond acceptors (Lipinski definition) is 3. The zero-order valence-corrected chi connectivity index (χ0v) is 11.2. The minimum Gasteiger partial charge on any atom is -0.489 e. The van der Waals surface area contributed by atoms with Gasteiger partial charge < -0.3 is 9.94 Å². The Balaban J connectivity index is 2.25. The van der Waals surface area contributed by atoms with Crippen LogP contribution >= 0.6 is 23.2 Å². The number of ether oxygens (including phenoxy) is 1. The second-order valence-corrected chi connectivity index (χ2v) is 5.00. The normalized spacial score (nSPS) is 16.2. The third kappa shape index (κ3) is 2.98. The molecule has 0 heterocycles. The van der Waals surface area contributed by atoms with Gasteiger partial charge in [-0.25, -0.2) is 0 Å². The van der Waals surface area contributed by atoms with E-state index in [1.165, 1.54) is 0 Å². The van der Waals surface area contributed by atoms with Gasteiger partial charge in [-0.05, 0) is 31.4 Å². The molecule has 2 rings (SSSR count). The predicted molar refractivity (Wildman–Crippen MR) is 73.0 cm³/mol. The number of benzene rings is 1. The van der Waals surface area contributed by atoms with Gasteiger partial charge in [0.25, 0.3) is 0 Å². The summed E-state index contributed by atoms with van der Waals surface area (Å²) in [5, 5.41) is 12.3. The smallest absolute Gasteiger partial charge is 0.123 e. The number of rotatable bonds is 3. The number of halogens is 2. The molecule has 3 nitrogen and oxygen atoms in total. The van der Waals surface area contributed by atoms with Crippen LogP contribution in [0.15, 0.2) is 33.9 Å². The molecule has 0 unspecified atom stereocenters. The number of hydrogen-bond donors (Lipinski definition) is 1. The van der Waals surface area contributed by atoms with Crippen LogP contribution in [0.5, 0.6) is 5.75 Å². The average molecular weight is 286 g/mol. The van der Waals surface area contributed by atoms with Crippen molar-refractivity contribution in [2.24, 2.45) is 5.16 Å². The van der Waals surface area contributed by atoms with Gasteiger partial charge in [-0.1, -0.05) is 40.5 Å². The van der Waals surface area contributed by atoms with Gasteiger partial charge in [0.15, 0.2) is 0 Å². The molecular weight excluding hydrogens is 273 g/mol. The highest BCUT2D eigenvalue weighted by atomic mass is 35.5. The molecule has 0 saturated heterocycles. The summed E-state index contributed by atoms with van der Waals surface area (Å²) in [6.45, 7) is 0.324. The second kappa shape index (κ2) is 6.12. The van der Waals surface area contributed by atoms with Crippen molar-refractivity contribution in [2.75, 3.05) is 6.61 Å². The van der Waals surface area contributed by atoms with Crippen LogP contribution in [0.25, 0.3) is 0 Å². The summed E-state index contributed by atoms with van der Waals surface area (Å²) in [7, 11) is 0. The van der Waals surface area contributed by atoms with Crippen LogP contribution in [0.2, 0.25) is 0 Å². The first-order valence-electron chi connectivity index (χ1n) is 5.69. The van der Waals surface area contributed by atoms with Gasteiger partial charge in [-0.15, -0.1) is 0 Å². The Bertz CT molecular complexity index is 494.